The van der Waals surface area contributed by atoms with Crippen LogP contribution in [-0.2, 0) is 9.53 Å². The Kier molecular flexibility index (Phi) is 5.71. The molecule has 1 aliphatic rings. The Hall–Kier alpha value is -2.62. The largest absolute Gasteiger partial charge is 0.450 e. The van der Waals surface area contributed by atoms with E-state index in [0.29, 0.717) is 62.7 Å². The number of carbonyl (C=O) groups is 2. The summed E-state index contributed by atoms with van der Waals surface area (Å²) in [6, 6.07) is 0. The van der Waals surface area contributed by atoms with E-state index < -0.39 is 0 Å². The molecule has 140 valence electrons. The van der Waals surface area contributed by atoms with Crippen molar-refractivity contribution >= 4 is 40.6 Å². The molecule has 10 nitrogen and oxygen atoms in total. The lowest BCUT2D eigenvalue weighted by Gasteiger charge is -2.34. The lowest BCUT2D eigenvalue weighted by atomic mass is 10.3. The average Bonchev–Trinajstić information content (AvgIpc) is 3.10. The molecule has 1 fully saturated rings. The zero-order chi connectivity index (χ0) is 18.5. The normalized spacial score (nSPS) is 14.5. The summed E-state index contributed by atoms with van der Waals surface area (Å²) in [6.07, 6.45) is 1.48. The number of aromatic nitrogens is 4. The highest BCUT2D eigenvalue weighted by molar-refractivity contribution is 6.28. The van der Waals surface area contributed by atoms with E-state index in [1.807, 2.05) is 0 Å². The number of aromatic amines is 1. The summed E-state index contributed by atoms with van der Waals surface area (Å²) in [7, 11) is 0. The van der Waals surface area contributed by atoms with Crippen LogP contribution in [0.1, 0.15) is 13.3 Å². The zero-order valence-corrected chi connectivity index (χ0v) is 15.1. The topological polar surface area (TPSA) is 116 Å². The number of hydrogen-bond acceptors (Lipinski definition) is 7. The number of hydrogen-bond donors (Lipinski definition) is 2. The molecule has 0 saturated carbocycles. The first kappa shape index (κ1) is 18.2. The van der Waals surface area contributed by atoms with Crippen LogP contribution in [0.4, 0.5) is 10.6 Å². The molecule has 2 aromatic heterocycles. The van der Waals surface area contributed by atoms with Gasteiger partial charge in [0, 0.05) is 39.1 Å². The maximum atomic E-state index is 12.3. The summed E-state index contributed by atoms with van der Waals surface area (Å²) in [5, 5.41) is 3.18. The van der Waals surface area contributed by atoms with Gasteiger partial charge in [-0.3, -0.25) is 4.79 Å². The number of halogens is 1. The van der Waals surface area contributed by atoms with Crippen LogP contribution in [0, 0.1) is 0 Å². The molecule has 0 atom stereocenters. The predicted molar refractivity (Wildman–Crippen MR) is 95.0 cm³/mol. The standard InChI is InChI=1S/C15H20ClN7O3/c1-2-26-15(25)23-7-5-22(6-8-23)10(24)3-4-17-12-11-13(19-9-18-11)21-14(16)20-12/h9H,2-8H2,1H3,(H2,17,18,19,20,21). The number of fused-ring (bicyclic) bond motifs is 1. The Bertz CT molecular complexity index is 789. The molecule has 0 bridgehead atoms. The van der Waals surface area contributed by atoms with E-state index in [9.17, 15) is 9.59 Å². The number of ether oxygens (including phenoxy) is 1. The Balaban J connectivity index is 1.47. The Morgan fingerprint density at radius 2 is 2.00 bits per heavy atom. The van der Waals surface area contributed by atoms with Crippen molar-refractivity contribution in [2.45, 2.75) is 13.3 Å². The summed E-state index contributed by atoms with van der Waals surface area (Å²) < 4.78 is 4.97. The molecule has 0 radical (unpaired) electrons. The molecule has 0 spiro atoms. The summed E-state index contributed by atoms with van der Waals surface area (Å²) >= 11 is 5.87. The molecular formula is C15H20ClN7O3. The van der Waals surface area contributed by atoms with Crippen LogP contribution in [0.15, 0.2) is 6.33 Å². The van der Waals surface area contributed by atoms with E-state index in [4.69, 9.17) is 16.3 Å². The number of nitrogens with one attached hydrogen (secondary N) is 2. The second-order valence-electron chi connectivity index (χ2n) is 5.69. The van der Waals surface area contributed by atoms with Gasteiger partial charge in [0.15, 0.2) is 11.5 Å². The van der Waals surface area contributed by atoms with E-state index in [1.54, 1.807) is 16.7 Å². The van der Waals surface area contributed by atoms with Crippen LogP contribution in [-0.4, -0.2) is 81.1 Å². The third-order valence-electron chi connectivity index (χ3n) is 4.05. The minimum atomic E-state index is -0.328. The zero-order valence-electron chi connectivity index (χ0n) is 14.4. The van der Waals surface area contributed by atoms with Crippen LogP contribution in [0.2, 0.25) is 5.28 Å². The van der Waals surface area contributed by atoms with Gasteiger partial charge in [-0.2, -0.15) is 9.97 Å². The fraction of sp³-hybridized carbons (Fsp3) is 0.533. The van der Waals surface area contributed by atoms with E-state index in [1.165, 1.54) is 6.33 Å². The average molecular weight is 382 g/mol. The molecule has 11 heteroatoms. The van der Waals surface area contributed by atoms with Crippen molar-refractivity contribution in [3.8, 4) is 0 Å². The van der Waals surface area contributed by atoms with Crippen LogP contribution < -0.4 is 5.32 Å². The first-order chi connectivity index (χ1) is 12.6. The smallest absolute Gasteiger partial charge is 0.409 e. The number of piperazine rings is 1. The third kappa shape index (κ3) is 4.13. The van der Waals surface area contributed by atoms with Crippen molar-refractivity contribution < 1.29 is 14.3 Å². The lowest BCUT2D eigenvalue weighted by molar-refractivity contribution is -0.132. The quantitative estimate of drug-likeness (QED) is 0.745. The van der Waals surface area contributed by atoms with Gasteiger partial charge in [-0.1, -0.05) is 0 Å². The molecule has 0 unspecified atom stereocenters. The number of anilines is 1. The number of H-pyrrole nitrogens is 1. The summed E-state index contributed by atoms with van der Waals surface area (Å²) in [5.41, 5.74) is 1.11. The van der Waals surface area contributed by atoms with Gasteiger partial charge in [0.25, 0.3) is 0 Å². The monoisotopic (exact) mass is 381 g/mol. The van der Waals surface area contributed by atoms with Gasteiger partial charge in [-0.25, -0.2) is 9.78 Å². The molecule has 2 amide bonds. The maximum Gasteiger partial charge on any atom is 0.409 e. The summed E-state index contributed by atoms with van der Waals surface area (Å²) in [4.78, 5) is 42.5. The summed E-state index contributed by atoms with van der Waals surface area (Å²) in [6.45, 7) is 4.48. The van der Waals surface area contributed by atoms with Gasteiger partial charge in [0.05, 0.1) is 12.9 Å². The second-order valence-corrected chi connectivity index (χ2v) is 6.02. The number of nitrogens with zero attached hydrogens (tertiary/aromatic N) is 5. The molecule has 3 rings (SSSR count). The number of imidazole rings is 1. The van der Waals surface area contributed by atoms with E-state index in [2.05, 4.69) is 25.3 Å². The molecule has 1 aliphatic heterocycles. The highest BCUT2D eigenvalue weighted by atomic mass is 35.5. The lowest BCUT2D eigenvalue weighted by Crippen LogP contribution is -2.50. The minimum Gasteiger partial charge on any atom is -0.450 e. The van der Waals surface area contributed by atoms with Crippen molar-refractivity contribution in [3.63, 3.8) is 0 Å². The van der Waals surface area contributed by atoms with Gasteiger partial charge < -0.3 is 24.8 Å². The molecule has 2 N–H and O–H groups in total. The van der Waals surface area contributed by atoms with Gasteiger partial charge in [0.1, 0.15) is 5.52 Å². The van der Waals surface area contributed by atoms with Crippen LogP contribution in [0.25, 0.3) is 11.2 Å². The van der Waals surface area contributed by atoms with E-state index in [0.717, 1.165) is 0 Å². The van der Waals surface area contributed by atoms with Crippen LogP contribution in [0.5, 0.6) is 0 Å². The molecular weight excluding hydrogens is 362 g/mol. The fourth-order valence-electron chi connectivity index (χ4n) is 2.73. The number of carbonyl (C=O) groups excluding carboxylic acids is 2. The SMILES string of the molecule is CCOC(=O)N1CCN(C(=O)CCNc2nc(Cl)nc3nc[nH]c23)CC1. The Morgan fingerprint density at radius 3 is 2.73 bits per heavy atom. The first-order valence-electron chi connectivity index (χ1n) is 8.38. The Morgan fingerprint density at radius 1 is 1.27 bits per heavy atom. The van der Waals surface area contributed by atoms with Gasteiger partial charge >= 0.3 is 6.09 Å². The Labute approximate surface area is 154 Å². The third-order valence-corrected chi connectivity index (χ3v) is 4.22. The van der Waals surface area contributed by atoms with Crippen molar-refractivity contribution in [1.82, 2.24) is 29.7 Å². The second kappa shape index (κ2) is 8.17. The van der Waals surface area contributed by atoms with Crippen molar-refractivity contribution in [2.75, 3.05) is 44.6 Å². The highest BCUT2D eigenvalue weighted by Gasteiger charge is 2.24. The number of rotatable bonds is 5. The van der Waals surface area contributed by atoms with Crippen LogP contribution >= 0.6 is 11.6 Å². The van der Waals surface area contributed by atoms with Gasteiger partial charge in [-0.05, 0) is 18.5 Å². The van der Waals surface area contributed by atoms with Gasteiger partial charge in [-0.15, -0.1) is 0 Å². The predicted octanol–water partition coefficient (Wildman–Crippen LogP) is 1.11. The van der Waals surface area contributed by atoms with Crippen LogP contribution in [0.3, 0.4) is 0 Å². The summed E-state index contributed by atoms with van der Waals surface area (Å²) in [5.74, 6) is 0.527. The fourth-order valence-corrected chi connectivity index (χ4v) is 2.90. The molecule has 0 aromatic carbocycles. The first-order valence-corrected chi connectivity index (χ1v) is 8.76. The van der Waals surface area contributed by atoms with E-state index in [-0.39, 0.29) is 17.3 Å². The molecule has 26 heavy (non-hydrogen) atoms. The van der Waals surface area contributed by atoms with E-state index >= 15 is 0 Å². The maximum absolute atomic E-state index is 12.3. The molecule has 3 heterocycles. The van der Waals surface area contributed by atoms with Gasteiger partial charge in [0.2, 0.25) is 11.2 Å². The minimum absolute atomic E-state index is 0.0158. The molecule has 2 aromatic rings. The molecule has 1 saturated heterocycles. The molecule has 0 aliphatic carbocycles. The van der Waals surface area contributed by atoms with Crippen molar-refractivity contribution in [1.29, 1.82) is 0 Å². The highest BCUT2D eigenvalue weighted by Crippen LogP contribution is 2.18. The van der Waals surface area contributed by atoms with Crippen molar-refractivity contribution in [2.24, 2.45) is 0 Å². The van der Waals surface area contributed by atoms with Crippen molar-refractivity contribution in [3.05, 3.63) is 11.6 Å². The number of amides is 2.